The molecule has 2 aliphatic rings. The van der Waals surface area contributed by atoms with E-state index in [9.17, 15) is 0 Å². The normalized spacial score (nSPS) is 28.6. The van der Waals surface area contributed by atoms with E-state index in [4.69, 9.17) is 4.74 Å². The van der Waals surface area contributed by atoms with Crippen molar-refractivity contribution >= 4 is 5.82 Å². The van der Waals surface area contributed by atoms with Crippen LogP contribution in [0.4, 0.5) is 5.82 Å². The van der Waals surface area contributed by atoms with Gasteiger partial charge in [0.2, 0.25) is 5.88 Å². The molecule has 0 aliphatic heterocycles. The Morgan fingerprint density at radius 1 is 1.32 bits per heavy atom. The first kappa shape index (κ1) is 12.7. The van der Waals surface area contributed by atoms with Crippen molar-refractivity contribution in [3.63, 3.8) is 0 Å². The first-order valence-corrected chi connectivity index (χ1v) is 7.47. The largest absolute Gasteiger partial charge is 0.478 e. The molecule has 3 unspecified atom stereocenters. The molecule has 4 nitrogen and oxygen atoms in total. The number of anilines is 1. The summed E-state index contributed by atoms with van der Waals surface area (Å²) >= 11 is 0. The smallest absolute Gasteiger partial charge is 0.218 e. The molecule has 0 spiro atoms. The zero-order valence-corrected chi connectivity index (χ0v) is 11.9. The van der Waals surface area contributed by atoms with Crippen molar-refractivity contribution in [3.8, 4) is 5.88 Å². The average Bonchev–Trinajstić information content (AvgIpc) is 2.98. The van der Waals surface area contributed by atoms with Gasteiger partial charge in [0.15, 0.2) is 0 Å². The van der Waals surface area contributed by atoms with Crippen LogP contribution in [-0.4, -0.2) is 23.1 Å². The lowest BCUT2D eigenvalue weighted by Crippen LogP contribution is -2.20. The highest BCUT2D eigenvalue weighted by Gasteiger charge is 2.39. The number of hydrogen-bond acceptors (Lipinski definition) is 4. The van der Waals surface area contributed by atoms with Crippen LogP contribution in [0.3, 0.4) is 0 Å². The van der Waals surface area contributed by atoms with E-state index in [1.54, 1.807) is 0 Å². The van der Waals surface area contributed by atoms with Crippen LogP contribution in [0, 0.1) is 24.7 Å². The highest BCUT2D eigenvalue weighted by Crippen LogP contribution is 2.48. The summed E-state index contributed by atoms with van der Waals surface area (Å²) in [5, 5.41) is 3.48. The van der Waals surface area contributed by atoms with Gasteiger partial charge in [-0.05, 0) is 50.9 Å². The molecule has 0 amide bonds. The lowest BCUT2D eigenvalue weighted by molar-refractivity contribution is 0.325. The van der Waals surface area contributed by atoms with Gasteiger partial charge in [0.25, 0.3) is 0 Å². The second-order valence-electron chi connectivity index (χ2n) is 5.89. The fourth-order valence-electron chi connectivity index (χ4n) is 3.71. The summed E-state index contributed by atoms with van der Waals surface area (Å²) in [7, 11) is 0. The molecule has 1 heterocycles. The molecule has 3 rings (SSSR count). The molecule has 19 heavy (non-hydrogen) atoms. The third-order valence-electron chi connectivity index (χ3n) is 4.54. The molecule has 1 aromatic heterocycles. The molecule has 0 aromatic carbocycles. The van der Waals surface area contributed by atoms with Crippen molar-refractivity contribution in [1.82, 2.24) is 9.97 Å². The van der Waals surface area contributed by atoms with Crippen molar-refractivity contribution < 1.29 is 4.74 Å². The Morgan fingerprint density at radius 3 is 2.89 bits per heavy atom. The zero-order chi connectivity index (χ0) is 13.2. The van der Waals surface area contributed by atoms with E-state index >= 15 is 0 Å². The third kappa shape index (κ3) is 2.82. The Kier molecular flexibility index (Phi) is 3.58. The van der Waals surface area contributed by atoms with E-state index < -0.39 is 0 Å². The number of ether oxygens (including phenoxy) is 1. The molecule has 2 fully saturated rings. The van der Waals surface area contributed by atoms with E-state index in [0.717, 1.165) is 35.9 Å². The minimum absolute atomic E-state index is 0.641. The summed E-state index contributed by atoms with van der Waals surface area (Å²) < 4.78 is 5.46. The molecule has 2 bridgehead atoms. The van der Waals surface area contributed by atoms with Crippen LogP contribution in [0.25, 0.3) is 0 Å². The number of aryl methyl sites for hydroxylation is 1. The van der Waals surface area contributed by atoms with Crippen LogP contribution in [0.15, 0.2) is 6.07 Å². The van der Waals surface area contributed by atoms with Crippen molar-refractivity contribution in [2.75, 3.05) is 18.5 Å². The van der Waals surface area contributed by atoms with Crippen molar-refractivity contribution in [2.24, 2.45) is 17.8 Å². The standard InChI is InChI=1S/C15H23N3O/c1-3-19-15-8-14(17-10(2)18-15)16-9-13-7-11-4-5-12(13)6-11/h8,11-13H,3-7,9H2,1-2H3,(H,16,17,18). The Labute approximate surface area is 115 Å². The Hall–Kier alpha value is -1.32. The summed E-state index contributed by atoms with van der Waals surface area (Å²) in [6.07, 6.45) is 5.76. The summed E-state index contributed by atoms with van der Waals surface area (Å²) in [4.78, 5) is 8.71. The minimum Gasteiger partial charge on any atom is -0.478 e. The quantitative estimate of drug-likeness (QED) is 0.885. The van der Waals surface area contributed by atoms with Crippen molar-refractivity contribution in [3.05, 3.63) is 11.9 Å². The Bertz CT molecular complexity index is 449. The SMILES string of the molecule is CCOc1cc(NCC2CC3CCC2C3)nc(C)n1. The Morgan fingerprint density at radius 2 is 2.21 bits per heavy atom. The molecule has 3 atom stereocenters. The molecule has 2 saturated carbocycles. The number of nitrogens with zero attached hydrogens (tertiary/aromatic N) is 2. The van der Waals surface area contributed by atoms with Gasteiger partial charge in [0.1, 0.15) is 11.6 Å². The van der Waals surface area contributed by atoms with E-state index in [2.05, 4.69) is 15.3 Å². The molecule has 4 heteroatoms. The van der Waals surface area contributed by atoms with Crippen molar-refractivity contribution in [1.29, 1.82) is 0 Å². The fourth-order valence-corrected chi connectivity index (χ4v) is 3.71. The van der Waals surface area contributed by atoms with Crippen LogP contribution in [-0.2, 0) is 0 Å². The van der Waals surface area contributed by atoms with E-state index in [1.807, 2.05) is 19.9 Å². The second kappa shape index (κ2) is 5.35. The van der Waals surface area contributed by atoms with Crippen LogP contribution < -0.4 is 10.1 Å². The Balaban J connectivity index is 1.60. The number of aromatic nitrogens is 2. The second-order valence-corrected chi connectivity index (χ2v) is 5.89. The van der Waals surface area contributed by atoms with E-state index in [0.29, 0.717) is 12.5 Å². The molecule has 0 saturated heterocycles. The maximum absolute atomic E-state index is 5.46. The molecular formula is C15H23N3O. The lowest BCUT2D eigenvalue weighted by atomic mass is 9.89. The topological polar surface area (TPSA) is 47.0 Å². The molecule has 1 N–H and O–H groups in total. The van der Waals surface area contributed by atoms with Gasteiger partial charge in [-0.1, -0.05) is 6.42 Å². The maximum atomic E-state index is 5.46. The predicted octanol–water partition coefficient (Wildman–Crippen LogP) is 3.03. The van der Waals surface area contributed by atoms with Gasteiger partial charge >= 0.3 is 0 Å². The molecular weight excluding hydrogens is 238 g/mol. The van der Waals surface area contributed by atoms with Gasteiger partial charge in [0, 0.05) is 12.6 Å². The zero-order valence-electron chi connectivity index (χ0n) is 11.9. The summed E-state index contributed by atoms with van der Waals surface area (Å²) in [6.45, 7) is 5.57. The number of fused-ring (bicyclic) bond motifs is 2. The molecule has 104 valence electrons. The summed E-state index contributed by atoms with van der Waals surface area (Å²) in [5.41, 5.74) is 0. The average molecular weight is 261 g/mol. The highest BCUT2D eigenvalue weighted by molar-refractivity contribution is 5.38. The van der Waals surface area contributed by atoms with Gasteiger partial charge in [0.05, 0.1) is 6.61 Å². The molecule has 2 aliphatic carbocycles. The van der Waals surface area contributed by atoms with Gasteiger partial charge in [-0.25, -0.2) is 4.98 Å². The van der Waals surface area contributed by atoms with Crippen LogP contribution >= 0.6 is 0 Å². The van der Waals surface area contributed by atoms with Gasteiger partial charge in [-0.3, -0.25) is 0 Å². The minimum atomic E-state index is 0.641. The van der Waals surface area contributed by atoms with Crippen LogP contribution in [0.5, 0.6) is 5.88 Å². The predicted molar refractivity (Wildman–Crippen MR) is 75.4 cm³/mol. The maximum Gasteiger partial charge on any atom is 0.218 e. The first-order chi connectivity index (χ1) is 9.24. The summed E-state index contributed by atoms with van der Waals surface area (Å²) in [6, 6.07) is 1.91. The van der Waals surface area contributed by atoms with Crippen LogP contribution in [0.2, 0.25) is 0 Å². The first-order valence-electron chi connectivity index (χ1n) is 7.47. The molecule has 0 radical (unpaired) electrons. The van der Waals surface area contributed by atoms with Gasteiger partial charge < -0.3 is 10.1 Å². The highest BCUT2D eigenvalue weighted by atomic mass is 16.5. The van der Waals surface area contributed by atoms with Crippen molar-refractivity contribution in [2.45, 2.75) is 39.5 Å². The van der Waals surface area contributed by atoms with Gasteiger partial charge in [-0.2, -0.15) is 4.98 Å². The molecule has 1 aromatic rings. The fraction of sp³-hybridized carbons (Fsp3) is 0.733. The monoisotopic (exact) mass is 261 g/mol. The van der Waals surface area contributed by atoms with E-state index in [-0.39, 0.29) is 0 Å². The van der Waals surface area contributed by atoms with Crippen LogP contribution in [0.1, 0.15) is 38.4 Å². The van der Waals surface area contributed by atoms with Gasteiger partial charge in [-0.15, -0.1) is 0 Å². The van der Waals surface area contributed by atoms with E-state index in [1.165, 1.54) is 25.7 Å². The lowest BCUT2D eigenvalue weighted by Gasteiger charge is -2.22. The summed E-state index contributed by atoms with van der Waals surface area (Å²) in [5.74, 6) is 5.13. The third-order valence-corrected chi connectivity index (χ3v) is 4.54. The number of hydrogen-bond donors (Lipinski definition) is 1. The number of nitrogens with one attached hydrogen (secondary N) is 1. The number of rotatable bonds is 5.